The van der Waals surface area contributed by atoms with Gasteiger partial charge in [0.2, 0.25) is 0 Å². The van der Waals surface area contributed by atoms with Crippen LogP contribution in [-0.2, 0) is 47.6 Å². The molecule has 0 aliphatic carbocycles. The quantitative estimate of drug-likeness (QED) is 0.465. The van der Waals surface area contributed by atoms with Gasteiger partial charge in [0.05, 0.1) is 5.60 Å². The van der Waals surface area contributed by atoms with Crippen molar-refractivity contribution in [3.63, 3.8) is 0 Å². The van der Waals surface area contributed by atoms with Crippen LogP contribution in [0, 0.1) is 0 Å². The third kappa shape index (κ3) is 7.81. The highest BCUT2D eigenvalue weighted by Gasteiger charge is 2.53. The van der Waals surface area contributed by atoms with Gasteiger partial charge in [-0.05, 0) is 20.8 Å². The summed E-state index contributed by atoms with van der Waals surface area (Å²) in [4.78, 5) is 46.1. The van der Waals surface area contributed by atoms with Gasteiger partial charge in [0.1, 0.15) is 12.7 Å². The smallest absolute Gasteiger partial charge is 0.303 e. The summed E-state index contributed by atoms with van der Waals surface area (Å²) in [6.07, 6.45) is -5.81. The molecule has 1 heterocycles. The van der Waals surface area contributed by atoms with Gasteiger partial charge < -0.3 is 28.4 Å². The number of carbonyl (C=O) groups excluding carboxylic acids is 4. The molecule has 160 valence electrons. The number of ether oxygens (including phenoxy) is 6. The van der Waals surface area contributed by atoms with Gasteiger partial charge in [-0.1, -0.05) is 0 Å². The summed E-state index contributed by atoms with van der Waals surface area (Å²) in [6, 6.07) is 0. The normalized spacial score (nSPS) is 27.5. The minimum atomic E-state index is -1.23. The number of rotatable bonds is 6. The molecule has 28 heavy (non-hydrogen) atoms. The molecule has 0 unspecified atom stereocenters. The molecular formula is C18H28O10. The van der Waals surface area contributed by atoms with Crippen molar-refractivity contribution in [3.05, 3.63) is 0 Å². The van der Waals surface area contributed by atoms with Crippen LogP contribution in [0.2, 0.25) is 0 Å². The van der Waals surface area contributed by atoms with Gasteiger partial charge in [-0.2, -0.15) is 0 Å². The van der Waals surface area contributed by atoms with E-state index in [-0.39, 0.29) is 6.61 Å². The Labute approximate surface area is 163 Å². The standard InChI is InChI=1S/C18H28O10/c1-9(19)23-8-13-14(24-10(2)20)15(25-11(3)21)16(26-12(4)22)17(27-13)28-18(5,6)7/h13-17H,8H2,1-7H3/t13-,14-,15+,16-,17+/m1/s1. The number of esters is 4. The zero-order valence-electron chi connectivity index (χ0n) is 17.2. The fourth-order valence-electron chi connectivity index (χ4n) is 2.63. The lowest BCUT2D eigenvalue weighted by Crippen LogP contribution is -2.63. The first-order chi connectivity index (χ1) is 12.8. The van der Waals surface area contributed by atoms with E-state index >= 15 is 0 Å². The van der Waals surface area contributed by atoms with E-state index in [0.29, 0.717) is 0 Å². The van der Waals surface area contributed by atoms with Crippen LogP contribution < -0.4 is 0 Å². The molecular weight excluding hydrogens is 376 g/mol. The van der Waals surface area contributed by atoms with Gasteiger partial charge in [-0.15, -0.1) is 0 Å². The van der Waals surface area contributed by atoms with E-state index in [2.05, 4.69) is 0 Å². The summed E-state index contributed by atoms with van der Waals surface area (Å²) in [5, 5.41) is 0. The second-order valence-electron chi connectivity index (χ2n) is 7.30. The van der Waals surface area contributed by atoms with Crippen molar-refractivity contribution in [2.45, 2.75) is 84.8 Å². The number of hydrogen-bond acceptors (Lipinski definition) is 10. The lowest BCUT2D eigenvalue weighted by molar-refractivity contribution is -0.325. The Balaban J connectivity index is 3.33. The van der Waals surface area contributed by atoms with E-state index < -0.39 is 60.2 Å². The maximum Gasteiger partial charge on any atom is 0.303 e. The Morgan fingerprint density at radius 2 is 1.21 bits per heavy atom. The summed E-state index contributed by atoms with van der Waals surface area (Å²) in [7, 11) is 0. The van der Waals surface area contributed by atoms with Gasteiger partial charge in [-0.25, -0.2) is 0 Å². The average Bonchev–Trinajstić information content (AvgIpc) is 2.48. The fraction of sp³-hybridized carbons (Fsp3) is 0.778. The molecule has 0 saturated carbocycles. The molecule has 1 fully saturated rings. The topological polar surface area (TPSA) is 124 Å². The van der Waals surface area contributed by atoms with Crippen LogP contribution >= 0.6 is 0 Å². The van der Waals surface area contributed by atoms with Crippen molar-refractivity contribution in [3.8, 4) is 0 Å². The van der Waals surface area contributed by atoms with E-state index in [1.807, 2.05) is 0 Å². The van der Waals surface area contributed by atoms with Crippen LogP contribution in [0.15, 0.2) is 0 Å². The van der Waals surface area contributed by atoms with E-state index in [4.69, 9.17) is 28.4 Å². The van der Waals surface area contributed by atoms with Crippen molar-refractivity contribution in [1.29, 1.82) is 0 Å². The highest BCUT2D eigenvalue weighted by Crippen LogP contribution is 2.31. The minimum Gasteiger partial charge on any atom is -0.463 e. The van der Waals surface area contributed by atoms with Crippen LogP contribution in [0.5, 0.6) is 0 Å². The molecule has 1 rings (SSSR count). The highest BCUT2D eigenvalue weighted by molar-refractivity contribution is 5.68. The van der Waals surface area contributed by atoms with Crippen molar-refractivity contribution in [2.75, 3.05) is 6.61 Å². The van der Waals surface area contributed by atoms with E-state index in [0.717, 1.165) is 13.8 Å². The first-order valence-electron chi connectivity index (χ1n) is 8.78. The molecule has 0 amide bonds. The molecule has 0 aromatic carbocycles. The van der Waals surface area contributed by atoms with E-state index in [9.17, 15) is 19.2 Å². The number of carbonyl (C=O) groups is 4. The van der Waals surface area contributed by atoms with Crippen LogP contribution in [0.1, 0.15) is 48.5 Å². The molecule has 10 heteroatoms. The molecule has 10 nitrogen and oxygen atoms in total. The maximum absolute atomic E-state index is 11.7. The summed E-state index contributed by atoms with van der Waals surface area (Å²) in [5.41, 5.74) is -0.718. The molecule has 0 spiro atoms. The largest absolute Gasteiger partial charge is 0.463 e. The van der Waals surface area contributed by atoms with Crippen molar-refractivity contribution in [1.82, 2.24) is 0 Å². The third-order valence-electron chi connectivity index (χ3n) is 3.42. The Morgan fingerprint density at radius 3 is 1.64 bits per heavy atom. The molecule has 0 N–H and O–H groups in total. The van der Waals surface area contributed by atoms with Crippen molar-refractivity contribution >= 4 is 23.9 Å². The van der Waals surface area contributed by atoms with Crippen molar-refractivity contribution < 1.29 is 47.6 Å². The summed E-state index contributed by atoms with van der Waals surface area (Å²) >= 11 is 0. The summed E-state index contributed by atoms with van der Waals surface area (Å²) < 4.78 is 32.5. The molecule has 1 saturated heterocycles. The Bertz CT molecular complexity index is 594. The number of hydrogen-bond donors (Lipinski definition) is 0. The van der Waals surface area contributed by atoms with Gasteiger partial charge >= 0.3 is 23.9 Å². The lowest BCUT2D eigenvalue weighted by atomic mass is 9.97. The van der Waals surface area contributed by atoms with Crippen molar-refractivity contribution in [2.24, 2.45) is 0 Å². The lowest BCUT2D eigenvalue weighted by Gasteiger charge is -2.45. The molecule has 0 radical (unpaired) electrons. The van der Waals surface area contributed by atoms with Gasteiger partial charge in [-0.3, -0.25) is 19.2 Å². The predicted octanol–water partition coefficient (Wildman–Crippen LogP) is 0.885. The van der Waals surface area contributed by atoms with E-state index in [1.54, 1.807) is 20.8 Å². The molecule has 0 bridgehead atoms. The van der Waals surface area contributed by atoms with Crippen LogP contribution in [-0.4, -0.2) is 66.8 Å². The van der Waals surface area contributed by atoms with Crippen LogP contribution in [0.25, 0.3) is 0 Å². The molecule has 0 aromatic rings. The first kappa shape index (κ1) is 23.8. The Kier molecular flexibility index (Phi) is 8.37. The Morgan fingerprint density at radius 1 is 0.750 bits per heavy atom. The molecule has 1 aliphatic heterocycles. The zero-order chi connectivity index (χ0) is 21.6. The second-order valence-corrected chi connectivity index (χ2v) is 7.30. The van der Waals surface area contributed by atoms with Gasteiger partial charge in [0.25, 0.3) is 0 Å². The second kappa shape index (κ2) is 9.83. The fourth-order valence-corrected chi connectivity index (χ4v) is 2.63. The molecule has 5 atom stereocenters. The maximum atomic E-state index is 11.7. The minimum absolute atomic E-state index is 0.290. The SMILES string of the molecule is CC(=O)OC[C@H]1O[C@@H](OC(C)(C)C)[C@H](OC(C)=O)[C@@H](OC(C)=O)[C@@H]1OC(C)=O. The average molecular weight is 404 g/mol. The Hall–Kier alpha value is -2.20. The van der Waals surface area contributed by atoms with Crippen LogP contribution in [0.4, 0.5) is 0 Å². The predicted molar refractivity (Wildman–Crippen MR) is 92.8 cm³/mol. The van der Waals surface area contributed by atoms with Gasteiger partial charge in [0.15, 0.2) is 24.6 Å². The monoisotopic (exact) mass is 404 g/mol. The molecule has 1 aliphatic rings. The zero-order valence-corrected chi connectivity index (χ0v) is 17.2. The first-order valence-corrected chi connectivity index (χ1v) is 8.78. The van der Waals surface area contributed by atoms with E-state index in [1.165, 1.54) is 13.8 Å². The molecule has 0 aromatic heterocycles. The summed E-state index contributed by atoms with van der Waals surface area (Å²) in [5.74, 6) is -2.63. The highest BCUT2D eigenvalue weighted by atomic mass is 16.7. The van der Waals surface area contributed by atoms with Gasteiger partial charge in [0, 0.05) is 27.7 Å². The summed E-state index contributed by atoms with van der Waals surface area (Å²) in [6.45, 7) is 9.66. The third-order valence-corrected chi connectivity index (χ3v) is 3.42. The van der Waals surface area contributed by atoms with Crippen LogP contribution in [0.3, 0.4) is 0 Å².